The largest absolute Gasteiger partial charge is 0.441 e. The number of ether oxygens (including phenoxy) is 1. The van der Waals surface area contributed by atoms with Crippen LogP contribution in [0, 0.1) is 5.82 Å². The summed E-state index contributed by atoms with van der Waals surface area (Å²) in [5.74, 6) is -0.122. The van der Waals surface area contributed by atoms with Gasteiger partial charge in [0, 0.05) is 17.3 Å². The van der Waals surface area contributed by atoms with Crippen molar-refractivity contribution in [2.75, 3.05) is 11.4 Å². The quantitative estimate of drug-likeness (QED) is 0.731. The Bertz CT molecular complexity index is 1020. The van der Waals surface area contributed by atoms with Crippen molar-refractivity contribution in [1.29, 1.82) is 0 Å². The van der Waals surface area contributed by atoms with Gasteiger partial charge < -0.3 is 9.84 Å². The molecule has 4 rings (SSSR count). The van der Waals surface area contributed by atoms with E-state index in [4.69, 9.17) is 4.74 Å². The van der Waals surface area contributed by atoms with Gasteiger partial charge >= 0.3 is 6.09 Å². The van der Waals surface area contributed by atoms with Gasteiger partial charge in [0.25, 0.3) is 0 Å². The standard InChI is InChI=1S/C18H17FN6O3/c1-10(26)16-9-25(18(27)28-16)12-4-5-13(14(19)7-12)11-3-6-15(20-8-11)17-21-23-24(2)22-17/h3-8,10,16,26H,9H2,1-2H3. The molecule has 1 aromatic carbocycles. The molecule has 144 valence electrons. The van der Waals surface area contributed by atoms with Crippen LogP contribution in [-0.2, 0) is 11.8 Å². The summed E-state index contributed by atoms with van der Waals surface area (Å²) < 4.78 is 19.8. The number of cyclic esters (lactones) is 1. The second-order valence-corrected chi connectivity index (χ2v) is 6.47. The van der Waals surface area contributed by atoms with Crippen LogP contribution in [0.5, 0.6) is 0 Å². The maximum atomic E-state index is 14.7. The number of aryl methyl sites for hydroxylation is 1. The van der Waals surface area contributed by atoms with Gasteiger partial charge in [0.05, 0.1) is 25.4 Å². The highest BCUT2D eigenvalue weighted by atomic mass is 19.1. The van der Waals surface area contributed by atoms with Crippen molar-refractivity contribution in [3.8, 4) is 22.6 Å². The maximum absolute atomic E-state index is 14.7. The van der Waals surface area contributed by atoms with E-state index >= 15 is 0 Å². The lowest BCUT2D eigenvalue weighted by Crippen LogP contribution is -2.29. The maximum Gasteiger partial charge on any atom is 0.414 e. The molecule has 0 aliphatic carbocycles. The number of rotatable bonds is 4. The first-order valence-electron chi connectivity index (χ1n) is 8.59. The Balaban J connectivity index is 1.57. The van der Waals surface area contributed by atoms with Crippen molar-refractivity contribution < 1.29 is 19.0 Å². The molecule has 1 fully saturated rings. The average molecular weight is 384 g/mol. The van der Waals surface area contributed by atoms with Crippen LogP contribution in [0.15, 0.2) is 36.5 Å². The third-order valence-electron chi connectivity index (χ3n) is 4.45. The molecule has 3 heterocycles. The van der Waals surface area contributed by atoms with Crippen LogP contribution in [0.1, 0.15) is 6.92 Å². The normalized spacial score (nSPS) is 17.6. The molecule has 9 nitrogen and oxygen atoms in total. The Morgan fingerprint density at radius 3 is 2.71 bits per heavy atom. The Labute approximate surface area is 159 Å². The van der Waals surface area contributed by atoms with Crippen molar-refractivity contribution in [3.63, 3.8) is 0 Å². The van der Waals surface area contributed by atoms with Gasteiger partial charge in [-0.3, -0.25) is 9.88 Å². The van der Waals surface area contributed by atoms with Crippen molar-refractivity contribution in [2.45, 2.75) is 19.1 Å². The summed E-state index contributed by atoms with van der Waals surface area (Å²) in [5, 5.41) is 21.3. The summed E-state index contributed by atoms with van der Waals surface area (Å²) >= 11 is 0. The molecule has 2 aromatic heterocycles. The number of hydrogen-bond donors (Lipinski definition) is 1. The SMILES string of the molecule is CC(O)C1CN(c2ccc(-c3ccc(-c4nnn(C)n4)nc3)c(F)c2)C(=O)O1. The van der Waals surface area contributed by atoms with Gasteiger partial charge in [0.15, 0.2) is 0 Å². The molecular weight excluding hydrogens is 367 g/mol. The van der Waals surface area contributed by atoms with E-state index in [2.05, 4.69) is 20.4 Å². The second-order valence-electron chi connectivity index (χ2n) is 6.47. The number of halogens is 1. The fraction of sp³-hybridized carbons (Fsp3) is 0.278. The number of aromatic nitrogens is 5. The lowest BCUT2D eigenvalue weighted by molar-refractivity contribution is 0.0437. The predicted molar refractivity (Wildman–Crippen MR) is 96.7 cm³/mol. The first kappa shape index (κ1) is 18.0. The van der Waals surface area contributed by atoms with E-state index in [1.807, 2.05) is 0 Å². The molecule has 2 unspecified atom stereocenters. The number of carbonyl (C=O) groups is 1. The van der Waals surface area contributed by atoms with Gasteiger partial charge in [-0.25, -0.2) is 9.18 Å². The zero-order chi connectivity index (χ0) is 19.8. The topological polar surface area (TPSA) is 106 Å². The van der Waals surface area contributed by atoms with Crippen LogP contribution in [0.4, 0.5) is 14.9 Å². The number of anilines is 1. The number of benzene rings is 1. The van der Waals surface area contributed by atoms with Gasteiger partial charge in [-0.15, -0.1) is 10.2 Å². The summed E-state index contributed by atoms with van der Waals surface area (Å²) in [6, 6.07) is 7.86. The molecule has 1 N–H and O–H groups in total. The monoisotopic (exact) mass is 384 g/mol. The summed E-state index contributed by atoms with van der Waals surface area (Å²) in [6.45, 7) is 1.70. The fourth-order valence-electron chi connectivity index (χ4n) is 2.92. The Morgan fingerprint density at radius 2 is 2.14 bits per heavy atom. The highest BCUT2D eigenvalue weighted by Crippen LogP contribution is 2.29. The highest BCUT2D eigenvalue weighted by Gasteiger charge is 2.35. The lowest BCUT2D eigenvalue weighted by Gasteiger charge is -2.15. The Kier molecular flexibility index (Phi) is 4.47. The van der Waals surface area contributed by atoms with Crippen LogP contribution < -0.4 is 4.90 Å². The second kappa shape index (κ2) is 6.97. The molecule has 3 aromatic rings. The molecule has 0 saturated carbocycles. The molecule has 10 heteroatoms. The van der Waals surface area contributed by atoms with Gasteiger partial charge in [0.1, 0.15) is 17.6 Å². The molecular formula is C18H17FN6O3. The number of aliphatic hydroxyl groups is 1. The van der Waals surface area contributed by atoms with E-state index in [1.165, 1.54) is 22.0 Å². The van der Waals surface area contributed by atoms with Gasteiger partial charge in [-0.1, -0.05) is 6.07 Å². The van der Waals surface area contributed by atoms with Crippen molar-refractivity contribution >= 4 is 11.8 Å². The first-order chi connectivity index (χ1) is 13.4. The number of pyridine rings is 1. The molecule has 1 saturated heterocycles. The highest BCUT2D eigenvalue weighted by molar-refractivity contribution is 5.90. The van der Waals surface area contributed by atoms with Crippen molar-refractivity contribution in [2.24, 2.45) is 7.05 Å². The van der Waals surface area contributed by atoms with E-state index in [0.717, 1.165) is 0 Å². The van der Waals surface area contributed by atoms with Crippen LogP contribution in [0.2, 0.25) is 0 Å². The molecule has 2 atom stereocenters. The zero-order valence-electron chi connectivity index (χ0n) is 15.2. The minimum absolute atomic E-state index is 0.163. The van der Waals surface area contributed by atoms with E-state index < -0.39 is 24.1 Å². The average Bonchev–Trinajstić information content (AvgIpc) is 3.28. The zero-order valence-corrected chi connectivity index (χ0v) is 15.2. The van der Waals surface area contributed by atoms with E-state index in [9.17, 15) is 14.3 Å². The molecule has 1 aliphatic rings. The summed E-state index contributed by atoms with van der Waals surface area (Å²) in [4.78, 5) is 18.9. The van der Waals surface area contributed by atoms with Crippen LogP contribution in [0.25, 0.3) is 22.6 Å². The fourth-order valence-corrected chi connectivity index (χ4v) is 2.92. The van der Waals surface area contributed by atoms with Crippen molar-refractivity contribution in [1.82, 2.24) is 25.2 Å². The smallest absolute Gasteiger partial charge is 0.414 e. The number of aliphatic hydroxyl groups excluding tert-OH is 1. The number of tetrazole rings is 1. The van der Waals surface area contributed by atoms with E-state index in [-0.39, 0.29) is 6.54 Å². The minimum atomic E-state index is -0.800. The molecule has 1 aliphatic heterocycles. The van der Waals surface area contributed by atoms with Gasteiger partial charge in [-0.05, 0) is 36.4 Å². The van der Waals surface area contributed by atoms with E-state index in [0.29, 0.717) is 28.3 Å². The predicted octanol–water partition coefficient (Wildman–Crippen LogP) is 1.78. The third-order valence-corrected chi connectivity index (χ3v) is 4.45. The third kappa shape index (κ3) is 3.29. The van der Waals surface area contributed by atoms with Gasteiger partial charge in [0.2, 0.25) is 5.82 Å². The molecule has 0 spiro atoms. The number of nitrogens with zero attached hydrogens (tertiary/aromatic N) is 6. The van der Waals surface area contributed by atoms with Gasteiger partial charge in [-0.2, -0.15) is 4.80 Å². The number of carbonyl (C=O) groups excluding carboxylic acids is 1. The number of hydrogen-bond acceptors (Lipinski definition) is 7. The molecule has 0 radical (unpaired) electrons. The summed E-state index contributed by atoms with van der Waals surface area (Å²) in [7, 11) is 1.65. The number of amides is 1. The van der Waals surface area contributed by atoms with Crippen molar-refractivity contribution in [3.05, 3.63) is 42.3 Å². The minimum Gasteiger partial charge on any atom is -0.441 e. The van der Waals surface area contributed by atoms with Crippen LogP contribution in [-0.4, -0.2) is 55.1 Å². The lowest BCUT2D eigenvalue weighted by atomic mass is 10.1. The first-order valence-corrected chi connectivity index (χ1v) is 8.59. The van der Waals surface area contributed by atoms with Crippen LogP contribution in [0.3, 0.4) is 0 Å². The Hall–Kier alpha value is -3.40. The van der Waals surface area contributed by atoms with E-state index in [1.54, 1.807) is 38.2 Å². The Morgan fingerprint density at radius 1 is 1.32 bits per heavy atom. The summed E-state index contributed by atoms with van der Waals surface area (Å²) in [5.41, 5.74) is 1.80. The summed E-state index contributed by atoms with van der Waals surface area (Å²) in [6.07, 6.45) is -0.522. The molecule has 1 amide bonds. The molecule has 0 bridgehead atoms. The van der Waals surface area contributed by atoms with Crippen LogP contribution >= 0.6 is 0 Å². The molecule has 28 heavy (non-hydrogen) atoms.